The van der Waals surface area contributed by atoms with Gasteiger partial charge in [-0.05, 0) is 71.3 Å². The highest BCUT2D eigenvalue weighted by atomic mass is 35.5. The van der Waals surface area contributed by atoms with E-state index in [1.165, 1.54) is 36.4 Å². The number of hydrogen-bond acceptors (Lipinski definition) is 4. The monoisotopic (exact) mass is 582 g/mol. The molecule has 8 heteroatoms. The number of ketones is 2. The van der Waals surface area contributed by atoms with Gasteiger partial charge < -0.3 is 10.2 Å². The van der Waals surface area contributed by atoms with Crippen molar-refractivity contribution in [3.63, 3.8) is 0 Å². The van der Waals surface area contributed by atoms with Crippen LogP contribution in [-0.2, 0) is 10.2 Å². The summed E-state index contributed by atoms with van der Waals surface area (Å²) in [5.74, 6) is -2.93. The molecule has 0 radical (unpaired) electrons. The molecule has 1 saturated heterocycles. The Labute approximate surface area is 245 Å². The van der Waals surface area contributed by atoms with Crippen LogP contribution in [0.2, 0.25) is 10.0 Å². The van der Waals surface area contributed by atoms with Gasteiger partial charge in [-0.3, -0.25) is 14.4 Å². The van der Waals surface area contributed by atoms with Crippen LogP contribution in [0.25, 0.3) is 6.08 Å². The number of hydrogen-bond donors (Lipinski definition) is 1. The zero-order valence-corrected chi connectivity index (χ0v) is 22.9. The summed E-state index contributed by atoms with van der Waals surface area (Å²) in [6, 6.07) is 22.9. The minimum Gasteiger partial charge on any atom is -0.358 e. The van der Waals surface area contributed by atoms with E-state index in [4.69, 9.17) is 23.2 Å². The Morgan fingerprint density at radius 2 is 1.61 bits per heavy atom. The van der Waals surface area contributed by atoms with E-state index in [2.05, 4.69) is 5.32 Å². The Kier molecular flexibility index (Phi) is 5.89. The summed E-state index contributed by atoms with van der Waals surface area (Å²) >= 11 is 12.7. The van der Waals surface area contributed by atoms with E-state index in [9.17, 15) is 18.8 Å². The van der Waals surface area contributed by atoms with Crippen molar-refractivity contribution in [2.75, 3.05) is 5.32 Å². The molecule has 3 heterocycles. The third-order valence-electron chi connectivity index (χ3n) is 8.45. The van der Waals surface area contributed by atoms with Gasteiger partial charge in [-0.25, -0.2) is 4.39 Å². The van der Waals surface area contributed by atoms with Crippen LogP contribution in [0.1, 0.15) is 43.4 Å². The second kappa shape index (κ2) is 9.40. The fraction of sp³-hybridized carbons (Fsp3) is 0.121. The third-order valence-corrected chi connectivity index (χ3v) is 8.99. The van der Waals surface area contributed by atoms with E-state index in [1.807, 2.05) is 53.4 Å². The van der Waals surface area contributed by atoms with Crippen LogP contribution in [0.5, 0.6) is 0 Å². The number of para-hydroxylation sites is 1. The van der Waals surface area contributed by atoms with Crippen LogP contribution < -0.4 is 5.32 Å². The highest BCUT2D eigenvalue weighted by molar-refractivity contribution is 6.37. The van der Waals surface area contributed by atoms with Gasteiger partial charge in [0, 0.05) is 28.0 Å². The van der Waals surface area contributed by atoms with Gasteiger partial charge in [-0.2, -0.15) is 0 Å². The Morgan fingerprint density at radius 1 is 0.878 bits per heavy atom. The smallest absolute Gasteiger partial charge is 0.238 e. The van der Waals surface area contributed by atoms with E-state index >= 15 is 0 Å². The number of halogens is 3. The maximum Gasteiger partial charge on any atom is 0.238 e. The van der Waals surface area contributed by atoms with Crippen LogP contribution in [0.15, 0.2) is 97.2 Å². The van der Waals surface area contributed by atoms with Crippen LogP contribution in [0.4, 0.5) is 10.1 Å². The van der Waals surface area contributed by atoms with Gasteiger partial charge >= 0.3 is 0 Å². The van der Waals surface area contributed by atoms with Crippen molar-refractivity contribution in [1.29, 1.82) is 0 Å². The molecule has 4 unspecified atom stereocenters. The molecule has 1 spiro atoms. The fourth-order valence-electron chi connectivity index (χ4n) is 6.81. The topological polar surface area (TPSA) is 66.5 Å². The van der Waals surface area contributed by atoms with Crippen LogP contribution in [0.3, 0.4) is 0 Å². The second-order valence-electron chi connectivity index (χ2n) is 10.4. The average molecular weight is 583 g/mol. The van der Waals surface area contributed by atoms with Crippen molar-refractivity contribution < 1.29 is 18.8 Å². The molecule has 7 rings (SSSR count). The van der Waals surface area contributed by atoms with E-state index in [0.717, 1.165) is 11.1 Å². The molecule has 41 heavy (non-hydrogen) atoms. The van der Waals surface area contributed by atoms with Gasteiger partial charge in [0.15, 0.2) is 11.6 Å². The zero-order chi connectivity index (χ0) is 28.5. The molecule has 202 valence electrons. The largest absolute Gasteiger partial charge is 0.358 e. The summed E-state index contributed by atoms with van der Waals surface area (Å²) in [7, 11) is 0. The molecule has 5 nitrogen and oxygen atoms in total. The first-order chi connectivity index (χ1) is 19.8. The Bertz CT molecular complexity index is 1800. The molecule has 3 aliphatic rings. The van der Waals surface area contributed by atoms with Gasteiger partial charge in [0.1, 0.15) is 17.3 Å². The van der Waals surface area contributed by atoms with E-state index < -0.39 is 40.8 Å². The van der Waals surface area contributed by atoms with Gasteiger partial charge in [-0.15, -0.1) is 0 Å². The Balaban J connectivity index is 1.54. The summed E-state index contributed by atoms with van der Waals surface area (Å²) in [5, 5.41) is 3.51. The summed E-state index contributed by atoms with van der Waals surface area (Å²) in [6.45, 7) is 0. The zero-order valence-electron chi connectivity index (χ0n) is 21.4. The molecule has 4 aromatic carbocycles. The first-order valence-electron chi connectivity index (χ1n) is 13.1. The average Bonchev–Trinajstić information content (AvgIpc) is 3.45. The molecule has 0 aromatic heterocycles. The summed E-state index contributed by atoms with van der Waals surface area (Å²) < 4.78 is 13.9. The maximum absolute atomic E-state index is 14.7. The number of Topliss-reactive ketones (excluding diaryl/α,β-unsaturated/α-hetero) is 2. The summed E-state index contributed by atoms with van der Waals surface area (Å²) in [6.07, 6.45) is 3.67. The number of nitrogens with zero attached hydrogens (tertiary/aromatic N) is 1. The van der Waals surface area contributed by atoms with Crippen LogP contribution in [0, 0.1) is 11.7 Å². The second-order valence-corrected chi connectivity index (χ2v) is 11.3. The lowest BCUT2D eigenvalue weighted by Gasteiger charge is -2.38. The molecule has 1 amide bonds. The number of fused-ring (bicyclic) bond motifs is 6. The highest BCUT2D eigenvalue weighted by Crippen LogP contribution is 2.62. The molecule has 3 aliphatic heterocycles. The molecule has 0 aliphatic carbocycles. The maximum atomic E-state index is 14.7. The van der Waals surface area contributed by atoms with Crippen molar-refractivity contribution in [3.05, 3.63) is 141 Å². The molecule has 4 aromatic rings. The number of anilines is 1. The lowest BCUT2D eigenvalue weighted by molar-refractivity contribution is -0.122. The summed E-state index contributed by atoms with van der Waals surface area (Å²) in [4.78, 5) is 45.4. The van der Waals surface area contributed by atoms with Gasteiger partial charge in [0.05, 0.1) is 17.0 Å². The van der Waals surface area contributed by atoms with Gasteiger partial charge in [0.2, 0.25) is 5.91 Å². The fourth-order valence-corrected chi connectivity index (χ4v) is 7.31. The van der Waals surface area contributed by atoms with Crippen LogP contribution in [-0.4, -0.2) is 28.4 Å². The number of carbonyl (C=O) groups excluding carboxylic acids is 3. The lowest BCUT2D eigenvalue weighted by atomic mass is 9.62. The van der Waals surface area contributed by atoms with Gasteiger partial charge in [-0.1, -0.05) is 65.7 Å². The first-order valence-corrected chi connectivity index (χ1v) is 13.8. The van der Waals surface area contributed by atoms with Crippen molar-refractivity contribution in [2.45, 2.75) is 17.5 Å². The van der Waals surface area contributed by atoms with Gasteiger partial charge in [0.25, 0.3) is 0 Å². The molecule has 4 atom stereocenters. The normalized spacial score (nSPS) is 23.6. The Morgan fingerprint density at radius 3 is 2.39 bits per heavy atom. The van der Waals surface area contributed by atoms with Crippen LogP contribution >= 0.6 is 23.2 Å². The lowest BCUT2D eigenvalue weighted by Crippen LogP contribution is -2.49. The summed E-state index contributed by atoms with van der Waals surface area (Å²) in [5.41, 5.74) is 1.81. The number of nitrogens with one attached hydrogen (secondary N) is 1. The predicted octanol–water partition coefficient (Wildman–Crippen LogP) is 7.11. The van der Waals surface area contributed by atoms with E-state index in [0.29, 0.717) is 16.3 Å². The molecular formula is C33H21Cl2FN2O3. The molecule has 0 bridgehead atoms. The van der Waals surface area contributed by atoms with E-state index in [1.54, 1.807) is 18.3 Å². The number of benzene rings is 4. The van der Waals surface area contributed by atoms with Crippen molar-refractivity contribution in [1.82, 2.24) is 4.90 Å². The molecule has 1 N–H and O–H groups in total. The first kappa shape index (κ1) is 25.7. The highest BCUT2D eigenvalue weighted by Gasteiger charge is 2.70. The minimum atomic E-state index is -1.48. The SMILES string of the molecule is O=C(c1ccc(Cl)cc1Cl)C1C(C(=O)c2ccc(F)cc2)C2(C(=O)Nc3ccccc32)C2c3ccccc3C=CN12. The third kappa shape index (κ3) is 3.64. The molecule has 0 saturated carbocycles. The van der Waals surface area contributed by atoms with Crippen molar-refractivity contribution in [2.24, 2.45) is 5.92 Å². The quantitative estimate of drug-likeness (QED) is 0.260. The van der Waals surface area contributed by atoms with E-state index in [-0.39, 0.29) is 22.1 Å². The number of amides is 1. The van der Waals surface area contributed by atoms with Crippen molar-refractivity contribution in [3.8, 4) is 0 Å². The molecule has 1 fully saturated rings. The van der Waals surface area contributed by atoms with Crippen molar-refractivity contribution >= 4 is 52.4 Å². The number of carbonyl (C=O) groups is 3. The Hall–Kier alpha value is -4.26. The standard InChI is InChI=1S/C33H21Cl2FN2O3/c34-20-11-14-23(25(35)17-20)30(40)28-27(29(39)19-9-12-21(36)13-10-19)33(24-7-3-4-8-26(24)37-32(33)41)31-22-6-2-1-5-18(22)15-16-38(28)31/h1-17,27-28,31H,(H,37,41). The minimum absolute atomic E-state index is 0.144. The molecular weight excluding hydrogens is 562 g/mol. The predicted molar refractivity (Wildman–Crippen MR) is 156 cm³/mol. The number of rotatable bonds is 4.